The summed E-state index contributed by atoms with van der Waals surface area (Å²) in [5, 5.41) is 3.27. The third kappa shape index (κ3) is 6.91. The average Bonchev–Trinajstić information content (AvgIpc) is 2.61. The number of guanidine groups is 1. The molecule has 0 aliphatic carbocycles. The van der Waals surface area contributed by atoms with E-state index in [-0.39, 0.29) is 5.75 Å². The molecule has 0 radical (unpaired) electrons. The summed E-state index contributed by atoms with van der Waals surface area (Å²) in [6.45, 7) is 3.51. The van der Waals surface area contributed by atoms with Crippen molar-refractivity contribution in [1.82, 2.24) is 14.5 Å². The highest BCUT2D eigenvalue weighted by Crippen LogP contribution is 2.12. The molecule has 0 aliphatic heterocycles. The molecule has 0 saturated heterocycles. The lowest BCUT2D eigenvalue weighted by Gasteiger charge is -2.23. The van der Waals surface area contributed by atoms with E-state index in [1.54, 1.807) is 28.1 Å². The molecule has 0 aromatic heterocycles. The molecule has 8 heteroatoms. The largest absolute Gasteiger partial charge is 0.497 e. The van der Waals surface area contributed by atoms with Crippen molar-refractivity contribution in [3.05, 3.63) is 29.8 Å². The van der Waals surface area contributed by atoms with E-state index in [9.17, 15) is 8.42 Å². The predicted molar refractivity (Wildman–Crippen MR) is 103 cm³/mol. The molecule has 0 heterocycles. The summed E-state index contributed by atoms with van der Waals surface area (Å²) in [5.41, 5.74) is 1.15. The Hall–Kier alpha value is -1.80. The molecule has 0 fully saturated rings. The Morgan fingerprint density at radius 1 is 1.24 bits per heavy atom. The minimum atomic E-state index is -3.11. The van der Waals surface area contributed by atoms with Crippen molar-refractivity contribution in [1.29, 1.82) is 0 Å². The van der Waals surface area contributed by atoms with Gasteiger partial charge in [-0.15, -0.1) is 0 Å². The van der Waals surface area contributed by atoms with Crippen molar-refractivity contribution in [3.8, 4) is 5.75 Å². The highest BCUT2D eigenvalue weighted by Gasteiger charge is 2.14. The van der Waals surface area contributed by atoms with Crippen molar-refractivity contribution in [2.75, 3.05) is 47.1 Å². The third-order valence-corrected chi connectivity index (χ3v) is 5.79. The van der Waals surface area contributed by atoms with Crippen LogP contribution in [-0.4, -0.2) is 70.7 Å². The number of nitrogens with one attached hydrogen (secondary N) is 1. The number of aliphatic imine (C=N–C) groups is 1. The van der Waals surface area contributed by atoms with Crippen LogP contribution in [0.2, 0.25) is 0 Å². The van der Waals surface area contributed by atoms with Gasteiger partial charge in [0.05, 0.1) is 12.9 Å². The average molecular weight is 371 g/mol. The Bertz CT molecular complexity index is 644. The fourth-order valence-electron chi connectivity index (χ4n) is 2.33. The van der Waals surface area contributed by atoms with Crippen LogP contribution in [0.25, 0.3) is 0 Å². The van der Waals surface area contributed by atoms with Gasteiger partial charge in [0.25, 0.3) is 0 Å². The van der Waals surface area contributed by atoms with Crippen molar-refractivity contribution in [2.45, 2.75) is 19.9 Å². The summed E-state index contributed by atoms with van der Waals surface area (Å²) < 4.78 is 30.0. The van der Waals surface area contributed by atoms with Crippen LogP contribution in [0, 0.1) is 0 Å². The molecule has 0 spiro atoms. The smallest absolute Gasteiger partial charge is 0.213 e. The molecule has 1 aromatic rings. The van der Waals surface area contributed by atoms with Gasteiger partial charge in [-0.25, -0.2) is 12.7 Å². The standard InChI is InChI=1S/C17H30N4O3S/c1-6-25(22,23)21(4)13-7-12-19-17(18-2)20(3)14-15-8-10-16(24-5)11-9-15/h8-11H,6-7,12-14H2,1-5H3,(H,18,19). The van der Waals surface area contributed by atoms with E-state index in [2.05, 4.69) is 10.3 Å². The minimum Gasteiger partial charge on any atom is -0.497 e. The molecule has 0 bridgehead atoms. The first-order chi connectivity index (χ1) is 11.8. The Morgan fingerprint density at radius 2 is 1.88 bits per heavy atom. The zero-order valence-corrected chi connectivity index (χ0v) is 16.6. The number of ether oxygens (including phenoxy) is 1. The topological polar surface area (TPSA) is 74.2 Å². The second kappa shape index (κ2) is 10.2. The maximum absolute atomic E-state index is 11.7. The molecule has 1 rings (SSSR count). The molecule has 142 valence electrons. The van der Waals surface area contributed by atoms with Crippen molar-refractivity contribution in [2.24, 2.45) is 4.99 Å². The lowest BCUT2D eigenvalue weighted by atomic mass is 10.2. The summed E-state index contributed by atoms with van der Waals surface area (Å²) in [6, 6.07) is 7.91. The van der Waals surface area contributed by atoms with E-state index >= 15 is 0 Å². The van der Waals surface area contributed by atoms with Crippen LogP contribution >= 0.6 is 0 Å². The second-order valence-electron chi connectivity index (χ2n) is 5.75. The van der Waals surface area contributed by atoms with Crippen molar-refractivity contribution >= 4 is 16.0 Å². The van der Waals surface area contributed by atoms with E-state index in [1.807, 2.05) is 36.2 Å². The van der Waals surface area contributed by atoms with Crippen molar-refractivity contribution < 1.29 is 13.2 Å². The Labute approximate surface area is 151 Å². The van der Waals surface area contributed by atoms with Gasteiger partial charge in [0, 0.05) is 40.8 Å². The Morgan fingerprint density at radius 3 is 2.40 bits per heavy atom. The molecular formula is C17H30N4O3S. The first-order valence-corrected chi connectivity index (χ1v) is 9.93. The number of nitrogens with zero attached hydrogens (tertiary/aromatic N) is 3. The lowest BCUT2D eigenvalue weighted by Crippen LogP contribution is -2.40. The SMILES string of the molecule is CCS(=O)(=O)N(C)CCCNC(=NC)N(C)Cc1ccc(OC)cc1. The maximum Gasteiger partial charge on any atom is 0.213 e. The summed E-state index contributed by atoms with van der Waals surface area (Å²) >= 11 is 0. The van der Waals surface area contributed by atoms with Crippen LogP contribution in [0.3, 0.4) is 0 Å². The monoisotopic (exact) mass is 370 g/mol. The van der Waals surface area contributed by atoms with Crippen molar-refractivity contribution in [3.63, 3.8) is 0 Å². The molecule has 1 N–H and O–H groups in total. The number of hydrogen-bond acceptors (Lipinski definition) is 4. The van der Waals surface area contributed by atoms with Gasteiger partial charge in [0.2, 0.25) is 10.0 Å². The molecule has 0 saturated carbocycles. The molecule has 0 atom stereocenters. The van der Waals surface area contributed by atoms with E-state index < -0.39 is 10.0 Å². The number of methoxy groups -OCH3 is 1. The van der Waals surface area contributed by atoms with Gasteiger partial charge in [0.1, 0.15) is 5.75 Å². The van der Waals surface area contributed by atoms with Gasteiger partial charge >= 0.3 is 0 Å². The zero-order chi connectivity index (χ0) is 18.9. The maximum atomic E-state index is 11.7. The fraction of sp³-hybridized carbons (Fsp3) is 0.588. The Kier molecular flexibility index (Phi) is 8.71. The minimum absolute atomic E-state index is 0.128. The summed E-state index contributed by atoms with van der Waals surface area (Å²) in [4.78, 5) is 6.30. The lowest BCUT2D eigenvalue weighted by molar-refractivity contribution is 0.414. The highest BCUT2D eigenvalue weighted by molar-refractivity contribution is 7.89. The number of rotatable bonds is 9. The van der Waals surface area contributed by atoms with Gasteiger partial charge in [-0.05, 0) is 31.0 Å². The first-order valence-electron chi connectivity index (χ1n) is 8.32. The van der Waals surface area contributed by atoms with Gasteiger partial charge in [-0.2, -0.15) is 0 Å². The summed E-state index contributed by atoms with van der Waals surface area (Å²) in [6.07, 6.45) is 0.713. The molecule has 0 unspecified atom stereocenters. The quantitative estimate of drug-likeness (QED) is 0.404. The number of hydrogen-bond donors (Lipinski definition) is 1. The predicted octanol–water partition coefficient (Wildman–Crippen LogP) is 1.37. The normalized spacial score (nSPS) is 12.3. The Balaban J connectivity index is 2.45. The van der Waals surface area contributed by atoms with Gasteiger partial charge < -0.3 is 15.0 Å². The van der Waals surface area contributed by atoms with Crippen LogP contribution in [0.1, 0.15) is 18.9 Å². The molecule has 7 nitrogen and oxygen atoms in total. The van der Waals surface area contributed by atoms with Crippen LogP contribution < -0.4 is 10.1 Å². The van der Waals surface area contributed by atoms with E-state index in [0.29, 0.717) is 26.1 Å². The van der Waals surface area contributed by atoms with E-state index in [0.717, 1.165) is 17.3 Å². The summed E-state index contributed by atoms with van der Waals surface area (Å²) in [5.74, 6) is 1.74. The van der Waals surface area contributed by atoms with Gasteiger partial charge in [0.15, 0.2) is 5.96 Å². The summed E-state index contributed by atoms with van der Waals surface area (Å²) in [7, 11) is 3.85. The fourth-order valence-corrected chi connectivity index (χ4v) is 3.17. The first kappa shape index (κ1) is 21.2. The molecule has 25 heavy (non-hydrogen) atoms. The number of sulfonamides is 1. The van der Waals surface area contributed by atoms with Gasteiger partial charge in [-0.1, -0.05) is 12.1 Å². The molecule has 0 amide bonds. The van der Waals surface area contributed by atoms with Crippen LogP contribution in [-0.2, 0) is 16.6 Å². The van der Waals surface area contributed by atoms with E-state index in [4.69, 9.17) is 4.74 Å². The molecule has 1 aromatic carbocycles. The van der Waals surface area contributed by atoms with Crippen LogP contribution in [0.4, 0.5) is 0 Å². The number of benzene rings is 1. The zero-order valence-electron chi connectivity index (χ0n) is 15.8. The third-order valence-electron chi connectivity index (χ3n) is 3.92. The second-order valence-corrected chi connectivity index (χ2v) is 8.12. The molecular weight excluding hydrogens is 340 g/mol. The van der Waals surface area contributed by atoms with Crippen LogP contribution in [0.15, 0.2) is 29.3 Å². The van der Waals surface area contributed by atoms with Crippen LogP contribution in [0.5, 0.6) is 5.75 Å². The van der Waals surface area contributed by atoms with Gasteiger partial charge in [-0.3, -0.25) is 4.99 Å². The highest BCUT2D eigenvalue weighted by atomic mass is 32.2. The van der Waals surface area contributed by atoms with E-state index in [1.165, 1.54) is 4.31 Å². The molecule has 0 aliphatic rings.